The predicted octanol–water partition coefficient (Wildman–Crippen LogP) is 4.64. The molecule has 20 heavy (non-hydrogen) atoms. The molecule has 0 aliphatic heterocycles. The lowest BCUT2D eigenvalue weighted by molar-refractivity contribution is 0.493. The first-order valence-electron chi connectivity index (χ1n) is 6.62. The molecule has 3 rings (SSSR count). The molecule has 3 heteroatoms. The van der Waals surface area contributed by atoms with E-state index < -0.39 is 0 Å². The molecule has 0 bridgehead atoms. The van der Waals surface area contributed by atoms with E-state index in [0.717, 1.165) is 23.2 Å². The topological polar surface area (TPSA) is 39.2 Å². The summed E-state index contributed by atoms with van der Waals surface area (Å²) in [5.74, 6) is 0.797. The van der Waals surface area contributed by atoms with Gasteiger partial charge in [0.1, 0.15) is 11.3 Å². The summed E-state index contributed by atoms with van der Waals surface area (Å²) in [5, 5.41) is 1.70. The Morgan fingerprint density at radius 3 is 2.75 bits per heavy atom. The fourth-order valence-corrected chi connectivity index (χ4v) is 2.57. The molecule has 3 aromatic rings. The van der Waals surface area contributed by atoms with Crippen molar-refractivity contribution in [2.45, 2.75) is 19.4 Å². The van der Waals surface area contributed by atoms with Gasteiger partial charge < -0.3 is 10.2 Å². The van der Waals surface area contributed by atoms with Crippen LogP contribution in [0.25, 0.3) is 11.0 Å². The molecule has 1 atom stereocenters. The molecule has 2 nitrogen and oxygen atoms in total. The summed E-state index contributed by atoms with van der Waals surface area (Å²) in [6.45, 7) is 2.10. The van der Waals surface area contributed by atoms with Gasteiger partial charge in [-0.25, -0.2) is 0 Å². The smallest absolute Gasteiger partial charge is 0.134 e. The number of fused-ring (bicyclic) bond motifs is 1. The van der Waals surface area contributed by atoms with Crippen LogP contribution in [-0.2, 0) is 6.42 Å². The molecule has 1 unspecified atom stereocenters. The Balaban J connectivity index is 1.89. The van der Waals surface area contributed by atoms with E-state index in [0.29, 0.717) is 5.02 Å². The zero-order valence-corrected chi connectivity index (χ0v) is 12.0. The summed E-state index contributed by atoms with van der Waals surface area (Å²) < 4.78 is 5.81. The molecule has 102 valence electrons. The maximum absolute atomic E-state index is 6.27. The number of benzene rings is 2. The van der Waals surface area contributed by atoms with Gasteiger partial charge in [0.25, 0.3) is 0 Å². The van der Waals surface area contributed by atoms with Crippen LogP contribution in [0, 0.1) is 6.92 Å². The second kappa shape index (κ2) is 5.31. The Morgan fingerprint density at radius 1 is 1.15 bits per heavy atom. The number of hydrogen-bond donors (Lipinski definition) is 1. The number of nitrogens with two attached hydrogens (primary N) is 1. The lowest BCUT2D eigenvalue weighted by Crippen LogP contribution is -2.13. The van der Waals surface area contributed by atoms with Crippen molar-refractivity contribution in [3.8, 4) is 0 Å². The molecule has 0 aliphatic rings. The van der Waals surface area contributed by atoms with Crippen LogP contribution in [-0.4, -0.2) is 0 Å². The lowest BCUT2D eigenvalue weighted by Gasteiger charge is -2.10. The summed E-state index contributed by atoms with van der Waals surface area (Å²) in [7, 11) is 0. The fourth-order valence-electron chi connectivity index (χ4n) is 2.39. The van der Waals surface area contributed by atoms with E-state index in [4.69, 9.17) is 21.8 Å². The monoisotopic (exact) mass is 285 g/mol. The molecule has 0 saturated carbocycles. The van der Waals surface area contributed by atoms with Crippen LogP contribution < -0.4 is 5.73 Å². The highest BCUT2D eigenvalue weighted by Crippen LogP contribution is 2.27. The van der Waals surface area contributed by atoms with Gasteiger partial charge >= 0.3 is 0 Å². The quantitative estimate of drug-likeness (QED) is 0.761. The Morgan fingerprint density at radius 2 is 1.95 bits per heavy atom. The first kappa shape index (κ1) is 13.2. The van der Waals surface area contributed by atoms with E-state index in [9.17, 15) is 0 Å². The van der Waals surface area contributed by atoms with E-state index in [1.165, 1.54) is 11.1 Å². The van der Waals surface area contributed by atoms with Crippen molar-refractivity contribution < 1.29 is 4.42 Å². The second-order valence-corrected chi connectivity index (χ2v) is 5.50. The lowest BCUT2D eigenvalue weighted by atomic mass is 10.0. The van der Waals surface area contributed by atoms with Gasteiger partial charge in [0, 0.05) is 10.4 Å². The van der Waals surface area contributed by atoms with E-state index in [2.05, 4.69) is 19.1 Å². The van der Waals surface area contributed by atoms with Crippen LogP contribution in [0.5, 0.6) is 0 Å². The van der Waals surface area contributed by atoms with Crippen molar-refractivity contribution in [1.82, 2.24) is 0 Å². The zero-order chi connectivity index (χ0) is 14.1. The summed E-state index contributed by atoms with van der Waals surface area (Å²) in [4.78, 5) is 0. The number of aryl methyl sites for hydroxylation is 1. The molecule has 1 heterocycles. The van der Waals surface area contributed by atoms with E-state index in [1.807, 2.05) is 36.4 Å². The van der Waals surface area contributed by atoms with Crippen LogP contribution in [0.2, 0.25) is 5.02 Å². The first-order chi connectivity index (χ1) is 9.63. The van der Waals surface area contributed by atoms with Crippen LogP contribution in [0.15, 0.2) is 52.9 Å². The van der Waals surface area contributed by atoms with Crippen molar-refractivity contribution in [3.05, 3.63) is 70.4 Å². The zero-order valence-electron chi connectivity index (χ0n) is 11.3. The minimum atomic E-state index is -0.151. The standard InChI is InChI=1S/C17H16ClNO/c1-11-4-2-3-5-12(11)9-15(19)17-10-13-8-14(18)6-7-16(13)20-17/h2-8,10,15H,9,19H2,1H3. The van der Waals surface area contributed by atoms with Gasteiger partial charge in [-0.05, 0) is 48.7 Å². The van der Waals surface area contributed by atoms with Crippen molar-refractivity contribution in [2.24, 2.45) is 5.73 Å². The molecule has 1 aromatic heterocycles. The third kappa shape index (κ3) is 2.58. The average molecular weight is 286 g/mol. The number of furan rings is 1. The highest BCUT2D eigenvalue weighted by Gasteiger charge is 2.13. The van der Waals surface area contributed by atoms with Gasteiger partial charge in [0.2, 0.25) is 0 Å². The normalized spacial score (nSPS) is 12.8. The largest absolute Gasteiger partial charge is 0.459 e. The summed E-state index contributed by atoms with van der Waals surface area (Å²) >= 11 is 5.99. The molecule has 2 N–H and O–H groups in total. The molecular formula is C17H16ClNO. The van der Waals surface area contributed by atoms with E-state index >= 15 is 0 Å². The van der Waals surface area contributed by atoms with Crippen LogP contribution in [0.3, 0.4) is 0 Å². The molecule has 0 fully saturated rings. The van der Waals surface area contributed by atoms with Crippen molar-refractivity contribution in [1.29, 1.82) is 0 Å². The van der Waals surface area contributed by atoms with Gasteiger partial charge in [0.15, 0.2) is 0 Å². The SMILES string of the molecule is Cc1ccccc1CC(N)c1cc2cc(Cl)ccc2o1. The first-order valence-corrected chi connectivity index (χ1v) is 7.00. The number of hydrogen-bond acceptors (Lipinski definition) is 2. The van der Waals surface area contributed by atoms with Crippen molar-refractivity contribution in [2.75, 3.05) is 0 Å². The minimum Gasteiger partial charge on any atom is -0.459 e. The van der Waals surface area contributed by atoms with Crippen LogP contribution >= 0.6 is 11.6 Å². The summed E-state index contributed by atoms with van der Waals surface area (Å²) in [6.07, 6.45) is 0.764. The highest BCUT2D eigenvalue weighted by atomic mass is 35.5. The van der Waals surface area contributed by atoms with Crippen molar-refractivity contribution >= 4 is 22.6 Å². The maximum atomic E-state index is 6.27. The molecule has 0 aliphatic carbocycles. The molecule has 0 spiro atoms. The number of rotatable bonds is 3. The maximum Gasteiger partial charge on any atom is 0.134 e. The van der Waals surface area contributed by atoms with E-state index in [1.54, 1.807) is 0 Å². The van der Waals surface area contributed by atoms with Gasteiger partial charge in [-0.15, -0.1) is 0 Å². The molecule has 0 radical (unpaired) electrons. The molecule has 0 saturated heterocycles. The van der Waals surface area contributed by atoms with Crippen molar-refractivity contribution in [3.63, 3.8) is 0 Å². The van der Waals surface area contributed by atoms with Gasteiger partial charge in [-0.3, -0.25) is 0 Å². The van der Waals surface area contributed by atoms with Crippen LogP contribution in [0.4, 0.5) is 0 Å². The highest BCUT2D eigenvalue weighted by molar-refractivity contribution is 6.31. The van der Waals surface area contributed by atoms with Gasteiger partial charge in [-0.2, -0.15) is 0 Å². The Bertz CT molecular complexity index is 748. The Labute approximate surface area is 123 Å². The fraction of sp³-hybridized carbons (Fsp3) is 0.176. The predicted molar refractivity (Wildman–Crippen MR) is 83.0 cm³/mol. The van der Waals surface area contributed by atoms with Gasteiger partial charge in [0.05, 0.1) is 6.04 Å². The number of halogens is 1. The van der Waals surface area contributed by atoms with Crippen LogP contribution in [0.1, 0.15) is 22.9 Å². The Kier molecular flexibility index (Phi) is 3.51. The third-order valence-corrected chi connectivity index (χ3v) is 3.80. The average Bonchev–Trinajstić information content (AvgIpc) is 2.84. The third-order valence-electron chi connectivity index (χ3n) is 3.56. The summed E-state index contributed by atoms with van der Waals surface area (Å²) in [5.41, 5.74) is 9.60. The molecule has 0 amide bonds. The van der Waals surface area contributed by atoms with Gasteiger partial charge in [-0.1, -0.05) is 35.9 Å². The minimum absolute atomic E-state index is 0.151. The summed E-state index contributed by atoms with van der Waals surface area (Å²) in [6, 6.07) is 15.7. The molecule has 2 aromatic carbocycles. The van der Waals surface area contributed by atoms with E-state index in [-0.39, 0.29) is 6.04 Å². The Hall–Kier alpha value is -1.77. The second-order valence-electron chi connectivity index (χ2n) is 5.07. The molecular weight excluding hydrogens is 270 g/mol.